The van der Waals surface area contributed by atoms with Gasteiger partial charge in [0, 0.05) is 16.5 Å². The molecule has 0 saturated carbocycles. The molecule has 0 aliphatic carbocycles. The van der Waals surface area contributed by atoms with E-state index in [2.05, 4.69) is 0 Å². The third-order valence-electron chi connectivity index (χ3n) is 4.08. The van der Waals surface area contributed by atoms with E-state index < -0.39 is 0 Å². The van der Waals surface area contributed by atoms with Gasteiger partial charge in [-0.1, -0.05) is 23.7 Å². The third kappa shape index (κ3) is 2.52. The standard InChI is InChI=1S/C19H12ClNO3S/c1-24-15-10-11(6-7-14(15)16-8-9-17(20)25-16)21-18(22)12-4-2-3-5-13(12)19(21)23/h2-10H,1H3. The first-order valence-corrected chi connectivity index (χ1v) is 8.71. The van der Waals surface area contributed by atoms with E-state index in [4.69, 9.17) is 16.3 Å². The summed E-state index contributed by atoms with van der Waals surface area (Å²) in [6.07, 6.45) is 0. The fourth-order valence-corrected chi connectivity index (χ4v) is 3.98. The van der Waals surface area contributed by atoms with Gasteiger partial charge in [0.25, 0.3) is 11.8 Å². The van der Waals surface area contributed by atoms with Crippen molar-refractivity contribution in [2.45, 2.75) is 0 Å². The summed E-state index contributed by atoms with van der Waals surface area (Å²) < 4.78 is 6.15. The van der Waals surface area contributed by atoms with Crippen LogP contribution in [0, 0.1) is 0 Å². The minimum atomic E-state index is -0.324. The van der Waals surface area contributed by atoms with Crippen LogP contribution in [0.5, 0.6) is 5.75 Å². The number of hydrogen-bond acceptors (Lipinski definition) is 4. The average Bonchev–Trinajstić information content (AvgIpc) is 3.17. The highest BCUT2D eigenvalue weighted by atomic mass is 35.5. The van der Waals surface area contributed by atoms with Crippen molar-refractivity contribution in [1.82, 2.24) is 0 Å². The van der Waals surface area contributed by atoms with Crippen LogP contribution in [0.15, 0.2) is 54.6 Å². The summed E-state index contributed by atoms with van der Waals surface area (Å²) in [6.45, 7) is 0. The molecule has 0 unspecified atom stereocenters. The van der Waals surface area contributed by atoms with Gasteiger partial charge in [-0.3, -0.25) is 9.59 Å². The zero-order valence-corrected chi connectivity index (χ0v) is 14.7. The number of fused-ring (bicyclic) bond motifs is 1. The lowest BCUT2D eigenvalue weighted by Gasteiger charge is -2.16. The predicted molar refractivity (Wildman–Crippen MR) is 98.9 cm³/mol. The Morgan fingerprint density at radius 2 is 1.60 bits per heavy atom. The van der Waals surface area contributed by atoms with Crippen molar-refractivity contribution in [1.29, 1.82) is 0 Å². The van der Waals surface area contributed by atoms with Crippen molar-refractivity contribution in [2.75, 3.05) is 12.0 Å². The number of imide groups is 1. The maximum Gasteiger partial charge on any atom is 0.266 e. The topological polar surface area (TPSA) is 46.6 Å². The molecule has 1 aromatic heterocycles. The molecule has 0 fully saturated rings. The van der Waals surface area contributed by atoms with Crippen LogP contribution < -0.4 is 9.64 Å². The first kappa shape index (κ1) is 15.9. The van der Waals surface area contributed by atoms with Crippen molar-refractivity contribution < 1.29 is 14.3 Å². The minimum Gasteiger partial charge on any atom is -0.496 e. The second-order valence-corrected chi connectivity index (χ2v) is 7.19. The molecule has 124 valence electrons. The summed E-state index contributed by atoms with van der Waals surface area (Å²) in [5, 5.41) is 0. The molecule has 2 amide bonds. The SMILES string of the molecule is COc1cc(N2C(=O)c3ccccc3C2=O)ccc1-c1ccc(Cl)s1. The predicted octanol–water partition coefficient (Wildman–Crippen LogP) is 4.88. The van der Waals surface area contributed by atoms with E-state index in [9.17, 15) is 9.59 Å². The number of hydrogen-bond donors (Lipinski definition) is 0. The summed E-state index contributed by atoms with van der Waals surface area (Å²) in [5.41, 5.74) is 2.18. The summed E-state index contributed by atoms with van der Waals surface area (Å²) in [5.74, 6) is -0.0725. The van der Waals surface area contributed by atoms with Crippen LogP contribution in [0.3, 0.4) is 0 Å². The quantitative estimate of drug-likeness (QED) is 0.618. The first-order valence-electron chi connectivity index (χ1n) is 7.51. The van der Waals surface area contributed by atoms with E-state index >= 15 is 0 Å². The van der Waals surface area contributed by atoms with Gasteiger partial charge in [0.1, 0.15) is 5.75 Å². The van der Waals surface area contributed by atoms with Gasteiger partial charge in [0.15, 0.2) is 0 Å². The second kappa shape index (κ2) is 6.02. The molecule has 4 rings (SSSR count). The van der Waals surface area contributed by atoms with Gasteiger partial charge >= 0.3 is 0 Å². The van der Waals surface area contributed by atoms with Crippen LogP contribution in [-0.2, 0) is 0 Å². The Hall–Kier alpha value is -2.63. The van der Waals surface area contributed by atoms with Crippen molar-refractivity contribution in [3.63, 3.8) is 0 Å². The summed E-state index contributed by atoms with van der Waals surface area (Å²) >= 11 is 7.45. The van der Waals surface area contributed by atoms with Crippen LogP contribution >= 0.6 is 22.9 Å². The molecule has 0 atom stereocenters. The number of benzene rings is 2. The largest absolute Gasteiger partial charge is 0.496 e. The lowest BCUT2D eigenvalue weighted by atomic mass is 10.1. The van der Waals surface area contributed by atoms with E-state index in [1.165, 1.54) is 16.2 Å². The number of carbonyl (C=O) groups excluding carboxylic acids is 2. The lowest BCUT2D eigenvalue weighted by Crippen LogP contribution is -2.29. The van der Waals surface area contributed by atoms with E-state index in [1.807, 2.05) is 18.2 Å². The van der Waals surface area contributed by atoms with Gasteiger partial charge in [-0.2, -0.15) is 0 Å². The zero-order valence-electron chi connectivity index (χ0n) is 13.2. The molecule has 1 aliphatic rings. The lowest BCUT2D eigenvalue weighted by molar-refractivity contribution is 0.0926. The Morgan fingerprint density at radius 1 is 0.920 bits per heavy atom. The number of rotatable bonds is 3. The molecule has 3 aromatic rings. The molecule has 0 saturated heterocycles. The van der Waals surface area contributed by atoms with Gasteiger partial charge < -0.3 is 4.74 Å². The number of anilines is 1. The molecule has 4 nitrogen and oxygen atoms in total. The van der Waals surface area contributed by atoms with Gasteiger partial charge in [-0.15, -0.1) is 11.3 Å². The highest BCUT2D eigenvalue weighted by Gasteiger charge is 2.36. The molecule has 2 heterocycles. The van der Waals surface area contributed by atoms with E-state index in [0.717, 1.165) is 10.4 Å². The maximum absolute atomic E-state index is 12.6. The summed E-state index contributed by atoms with van der Waals surface area (Å²) in [4.78, 5) is 27.4. The van der Waals surface area contributed by atoms with Crippen molar-refractivity contribution in [2.24, 2.45) is 0 Å². The summed E-state index contributed by atoms with van der Waals surface area (Å²) in [6, 6.07) is 15.8. The smallest absolute Gasteiger partial charge is 0.266 e. The highest BCUT2D eigenvalue weighted by molar-refractivity contribution is 7.19. The fraction of sp³-hybridized carbons (Fsp3) is 0.0526. The Morgan fingerprint density at radius 3 is 2.16 bits per heavy atom. The molecule has 0 bridgehead atoms. The van der Waals surface area contributed by atoms with Crippen LogP contribution in [0.1, 0.15) is 20.7 Å². The molecular weight excluding hydrogens is 358 g/mol. The molecule has 1 aliphatic heterocycles. The normalized spacial score (nSPS) is 13.3. The van der Waals surface area contributed by atoms with E-state index in [1.54, 1.807) is 43.5 Å². The van der Waals surface area contributed by atoms with Crippen LogP contribution in [-0.4, -0.2) is 18.9 Å². The summed E-state index contributed by atoms with van der Waals surface area (Å²) in [7, 11) is 1.56. The number of amides is 2. The Kier molecular flexibility index (Phi) is 3.82. The molecule has 2 aromatic carbocycles. The monoisotopic (exact) mass is 369 g/mol. The van der Waals surface area contributed by atoms with E-state index in [0.29, 0.717) is 26.9 Å². The Labute approximate surface area is 153 Å². The van der Waals surface area contributed by atoms with Crippen LogP contribution in [0.2, 0.25) is 4.34 Å². The molecule has 0 radical (unpaired) electrons. The Bertz CT molecular complexity index is 976. The molecule has 6 heteroatoms. The number of ether oxygens (including phenoxy) is 1. The number of nitrogens with zero attached hydrogens (tertiary/aromatic N) is 1. The number of methoxy groups -OCH3 is 1. The minimum absolute atomic E-state index is 0.324. The third-order valence-corrected chi connectivity index (χ3v) is 5.34. The average molecular weight is 370 g/mol. The highest BCUT2D eigenvalue weighted by Crippen LogP contribution is 2.39. The van der Waals surface area contributed by atoms with E-state index in [-0.39, 0.29) is 11.8 Å². The zero-order chi connectivity index (χ0) is 17.6. The van der Waals surface area contributed by atoms with Gasteiger partial charge in [0.05, 0.1) is 28.3 Å². The number of halogens is 1. The fourth-order valence-electron chi connectivity index (χ4n) is 2.91. The molecule has 0 N–H and O–H groups in total. The van der Waals surface area contributed by atoms with Crippen LogP contribution in [0.25, 0.3) is 10.4 Å². The second-order valence-electron chi connectivity index (χ2n) is 5.48. The first-order chi connectivity index (χ1) is 12.1. The van der Waals surface area contributed by atoms with Crippen molar-refractivity contribution in [3.8, 4) is 16.2 Å². The van der Waals surface area contributed by atoms with Crippen LogP contribution in [0.4, 0.5) is 5.69 Å². The number of thiophene rings is 1. The van der Waals surface area contributed by atoms with Gasteiger partial charge in [-0.05, 0) is 36.4 Å². The molecular formula is C19H12ClNO3S. The Balaban J connectivity index is 1.78. The maximum atomic E-state index is 12.6. The van der Waals surface area contributed by atoms with Gasteiger partial charge in [0.2, 0.25) is 0 Å². The number of carbonyl (C=O) groups is 2. The van der Waals surface area contributed by atoms with Gasteiger partial charge in [-0.25, -0.2) is 4.90 Å². The molecule has 0 spiro atoms. The van der Waals surface area contributed by atoms with Crippen molar-refractivity contribution in [3.05, 3.63) is 70.1 Å². The van der Waals surface area contributed by atoms with Crippen molar-refractivity contribution >= 4 is 40.4 Å². The molecule has 25 heavy (non-hydrogen) atoms.